The summed E-state index contributed by atoms with van der Waals surface area (Å²) in [6, 6.07) is 11.7. The highest BCUT2D eigenvalue weighted by molar-refractivity contribution is 6.31. The van der Waals surface area contributed by atoms with Gasteiger partial charge in [-0.2, -0.15) is 0 Å². The third-order valence-corrected chi connectivity index (χ3v) is 4.47. The number of phenolic OH excluding ortho intramolecular Hbond substituents is 1. The molecule has 0 aliphatic heterocycles. The van der Waals surface area contributed by atoms with Crippen molar-refractivity contribution < 1.29 is 14.7 Å². The van der Waals surface area contributed by atoms with Crippen LogP contribution in [0.1, 0.15) is 47.1 Å². The van der Waals surface area contributed by atoms with Gasteiger partial charge in [0.2, 0.25) is 0 Å². The van der Waals surface area contributed by atoms with Crippen LogP contribution in [0.2, 0.25) is 5.02 Å². The second-order valence-electron chi connectivity index (χ2n) is 6.42. The number of hydrogen-bond acceptors (Lipinski definition) is 4. The number of aromatic hydroxyl groups is 1. The molecule has 0 aliphatic rings. The van der Waals surface area contributed by atoms with Crippen LogP contribution in [0.4, 0.5) is 0 Å². The summed E-state index contributed by atoms with van der Waals surface area (Å²) in [7, 11) is 0. The highest BCUT2D eigenvalue weighted by atomic mass is 35.5. The molecule has 0 bridgehead atoms. The Morgan fingerprint density at radius 1 is 1.07 bits per heavy atom. The number of carbonyl (C=O) groups is 2. The number of halogens is 1. The van der Waals surface area contributed by atoms with E-state index in [9.17, 15) is 14.7 Å². The van der Waals surface area contributed by atoms with Gasteiger partial charge in [0.1, 0.15) is 5.75 Å². The van der Waals surface area contributed by atoms with E-state index in [2.05, 4.69) is 36.5 Å². The predicted molar refractivity (Wildman–Crippen MR) is 106 cm³/mol. The molecule has 144 valence electrons. The summed E-state index contributed by atoms with van der Waals surface area (Å²) in [6.45, 7) is 8.16. The van der Waals surface area contributed by atoms with Gasteiger partial charge in [0.15, 0.2) is 0 Å². The predicted octanol–water partition coefficient (Wildman–Crippen LogP) is 3.35. The Morgan fingerprint density at radius 3 is 2.30 bits per heavy atom. The van der Waals surface area contributed by atoms with Crippen molar-refractivity contribution in [1.82, 2.24) is 15.8 Å². The number of hydrazine groups is 1. The molecular weight excluding hydrogens is 366 g/mol. The summed E-state index contributed by atoms with van der Waals surface area (Å²) < 4.78 is 0. The van der Waals surface area contributed by atoms with Crippen molar-refractivity contribution in [2.45, 2.75) is 33.4 Å². The van der Waals surface area contributed by atoms with E-state index in [-0.39, 0.29) is 11.3 Å². The van der Waals surface area contributed by atoms with Gasteiger partial charge >= 0.3 is 0 Å². The lowest BCUT2D eigenvalue weighted by Crippen LogP contribution is -2.41. The first-order chi connectivity index (χ1) is 12.8. The molecule has 7 heteroatoms. The fourth-order valence-corrected chi connectivity index (χ4v) is 2.77. The summed E-state index contributed by atoms with van der Waals surface area (Å²) in [5.41, 5.74) is 6.10. The van der Waals surface area contributed by atoms with Gasteiger partial charge in [0, 0.05) is 23.2 Å². The van der Waals surface area contributed by atoms with Crippen LogP contribution in [0.3, 0.4) is 0 Å². The Morgan fingerprint density at radius 2 is 1.70 bits per heavy atom. The van der Waals surface area contributed by atoms with Crippen LogP contribution in [-0.2, 0) is 6.54 Å². The molecule has 0 aromatic heterocycles. The first kappa shape index (κ1) is 20.7. The Bertz CT molecular complexity index is 807. The lowest BCUT2D eigenvalue weighted by atomic mass is 10.1. The summed E-state index contributed by atoms with van der Waals surface area (Å²) in [5, 5.41) is 10.0. The van der Waals surface area contributed by atoms with Gasteiger partial charge in [0.25, 0.3) is 11.8 Å². The number of benzene rings is 2. The molecule has 0 fully saturated rings. The third kappa shape index (κ3) is 5.70. The van der Waals surface area contributed by atoms with Crippen LogP contribution in [0, 0.1) is 0 Å². The normalized spacial score (nSPS) is 10.9. The molecule has 0 atom stereocenters. The minimum atomic E-state index is -0.657. The highest BCUT2D eigenvalue weighted by Crippen LogP contribution is 2.21. The molecular formula is C20H24ClN3O3. The second kappa shape index (κ2) is 9.39. The van der Waals surface area contributed by atoms with Gasteiger partial charge in [-0.15, -0.1) is 0 Å². The first-order valence-electron chi connectivity index (χ1n) is 8.74. The molecule has 0 unspecified atom stereocenters. The van der Waals surface area contributed by atoms with Crippen molar-refractivity contribution in [1.29, 1.82) is 0 Å². The average Bonchev–Trinajstić information content (AvgIpc) is 2.66. The maximum absolute atomic E-state index is 12.2. The number of nitrogens with zero attached hydrogens (tertiary/aromatic N) is 1. The van der Waals surface area contributed by atoms with Crippen LogP contribution < -0.4 is 10.9 Å². The quantitative estimate of drug-likeness (QED) is 0.662. The molecule has 2 aromatic rings. The Hall–Kier alpha value is -2.57. The van der Waals surface area contributed by atoms with Gasteiger partial charge in [-0.1, -0.05) is 30.7 Å². The minimum absolute atomic E-state index is 0.0218. The van der Waals surface area contributed by atoms with Gasteiger partial charge in [-0.25, -0.2) is 0 Å². The van der Waals surface area contributed by atoms with Gasteiger partial charge < -0.3 is 5.11 Å². The number of hydrogen-bond donors (Lipinski definition) is 3. The zero-order valence-corrected chi connectivity index (χ0v) is 16.4. The summed E-state index contributed by atoms with van der Waals surface area (Å²) in [6.07, 6.45) is 0. The number of nitrogens with one attached hydrogen (secondary N) is 2. The van der Waals surface area contributed by atoms with E-state index in [1.165, 1.54) is 18.2 Å². The smallest absolute Gasteiger partial charge is 0.273 e. The summed E-state index contributed by atoms with van der Waals surface area (Å²) >= 11 is 5.82. The lowest BCUT2D eigenvalue weighted by Gasteiger charge is -2.24. The molecule has 2 rings (SSSR count). The van der Waals surface area contributed by atoms with E-state index < -0.39 is 11.8 Å². The molecule has 3 N–H and O–H groups in total. The van der Waals surface area contributed by atoms with Crippen LogP contribution in [-0.4, -0.2) is 34.4 Å². The molecule has 0 saturated carbocycles. The topological polar surface area (TPSA) is 81.7 Å². The SMILES string of the molecule is CCN(Cc1ccc(C(=O)NNC(=O)c2cc(Cl)ccc2O)cc1)C(C)C. The van der Waals surface area contributed by atoms with Crippen molar-refractivity contribution in [2.24, 2.45) is 0 Å². The second-order valence-corrected chi connectivity index (χ2v) is 6.86. The maximum atomic E-state index is 12.2. The molecule has 0 radical (unpaired) electrons. The van der Waals surface area contributed by atoms with Crippen molar-refractivity contribution in [3.05, 3.63) is 64.2 Å². The standard InChI is InChI=1S/C20H24ClN3O3/c1-4-24(13(2)3)12-14-5-7-15(8-6-14)19(26)22-23-20(27)17-11-16(21)9-10-18(17)25/h5-11,13,25H,4,12H2,1-3H3,(H,22,26)(H,23,27). The monoisotopic (exact) mass is 389 g/mol. The van der Waals surface area contributed by atoms with Crippen LogP contribution in [0.25, 0.3) is 0 Å². The fraction of sp³-hybridized carbons (Fsp3) is 0.300. The summed E-state index contributed by atoms with van der Waals surface area (Å²) in [5.74, 6) is -1.33. The van der Waals surface area contributed by atoms with E-state index in [0.717, 1.165) is 18.7 Å². The first-order valence-corrected chi connectivity index (χ1v) is 9.11. The number of amides is 2. The molecule has 2 amide bonds. The minimum Gasteiger partial charge on any atom is -0.507 e. The largest absolute Gasteiger partial charge is 0.507 e. The Labute approximate surface area is 164 Å². The third-order valence-electron chi connectivity index (χ3n) is 4.23. The Balaban J connectivity index is 1.96. The van der Waals surface area contributed by atoms with Crippen molar-refractivity contribution in [3.63, 3.8) is 0 Å². The summed E-state index contributed by atoms with van der Waals surface area (Å²) in [4.78, 5) is 26.6. The molecule has 0 saturated heterocycles. The number of carbonyl (C=O) groups excluding carboxylic acids is 2. The molecule has 0 aliphatic carbocycles. The molecule has 0 heterocycles. The van der Waals surface area contributed by atoms with Gasteiger partial charge in [0.05, 0.1) is 5.56 Å². The zero-order valence-electron chi connectivity index (χ0n) is 15.6. The molecule has 27 heavy (non-hydrogen) atoms. The van der Waals surface area contributed by atoms with Crippen LogP contribution in [0.15, 0.2) is 42.5 Å². The number of phenols is 1. The molecule has 2 aromatic carbocycles. The maximum Gasteiger partial charge on any atom is 0.273 e. The number of rotatable bonds is 6. The van der Waals surface area contributed by atoms with E-state index >= 15 is 0 Å². The van der Waals surface area contributed by atoms with Gasteiger partial charge in [-0.3, -0.25) is 25.3 Å². The molecule has 0 spiro atoms. The van der Waals surface area contributed by atoms with Crippen molar-refractivity contribution in [3.8, 4) is 5.75 Å². The van der Waals surface area contributed by atoms with E-state index in [1.54, 1.807) is 12.1 Å². The average molecular weight is 390 g/mol. The van der Waals surface area contributed by atoms with Crippen LogP contribution in [0.5, 0.6) is 5.75 Å². The lowest BCUT2D eigenvalue weighted by molar-refractivity contribution is 0.0845. The van der Waals surface area contributed by atoms with Crippen molar-refractivity contribution >= 4 is 23.4 Å². The van der Waals surface area contributed by atoms with Crippen molar-refractivity contribution in [2.75, 3.05) is 6.54 Å². The Kier molecular flexibility index (Phi) is 7.21. The van der Waals surface area contributed by atoms with Gasteiger partial charge in [-0.05, 0) is 56.3 Å². The van der Waals surface area contributed by atoms with E-state index in [1.807, 2.05) is 12.1 Å². The van der Waals surface area contributed by atoms with Crippen LogP contribution >= 0.6 is 11.6 Å². The zero-order chi connectivity index (χ0) is 20.0. The van der Waals surface area contributed by atoms with E-state index in [0.29, 0.717) is 16.6 Å². The fourth-order valence-electron chi connectivity index (χ4n) is 2.60. The molecule has 6 nitrogen and oxygen atoms in total. The van der Waals surface area contributed by atoms with E-state index in [4.69, 9.17) is 11.6 Å². The highest BCUT2D eigenvalue weighted by Gasteiger charge is 2.14.